The van der Waals surface area contributed by atoms with Crippen molar-refractivity contribution >= 4 is 0 Å². The summed E-state index contributed by atoms with van der Waals surface area (Å²) in [5, 5.41) is 3.43. The van der Waals surface area contributed by atoms with Crippen LogP contribution in [-0.2, 0) is 0 Å². The molecule has 58 valence electrons. The Balaban J connectivity index is 2.16. The van der Waals surface area contributed by atoms with Crippen LogP contribution < -0.4 is 5.32 Å². The molecule has 1 aliphatic rings. The van der Waals surface area contributed by atoms with Crippen LogP contribution in [0.15, 0.2) is 24.5 Å². The predicted octanol–water partition coefficient (Wildman–Crippen LogP) is 1.51. The van der Waals surface area contributed by atoms with Gasteiger partial charge in [0.15, 0.2) is 0 Å². The van der Waals surface area contributed by atoms with Crippen LogP contribution in [0.5, 0.6) is 0 Å². The highest BCUT2D eigenvalue weighted by atomic mass is 15.5. The van der Waals surface area contributed by atoms with E-state index in [2.05, 4.69) is 16.4 Å². The lowest BCUT2D eigenvalue weighted by Gasteiger charge is -2.08. The van der Waals surface area contributed by atoms with E-state index in [0.717, 1.165) is 6.54 Å². The van der Waals surface area contributed by atoms with Crippen LogP contribution in [0.1, 0.15) is 24.4 Å². The van der Waals surface area contributed by atoms with Gasteiger partial charge in [-0.3, -0.25) is 4.98 Å². The summed E-state index contributed by atoms with van der Waals surface area (Å²) in [7, 11) is 0. The van der Waals surface area contributed by atoms with E-state index in [0.29, 0.717) is 6.04 Å². The highest BCUT2D eigenvalue weighted by Gasteiger charge is 2.15. The first kappa shape index (κ1) is 6.80. The number of aromatic nitrogens is 1. The Bertz CT molecular complexity index is 214. The third kappa shape index (κ3) is 1.40. The first-order valence-corrected chi connectivity index (χ1v) is 4.10. The van der Waals surface area contributed by atoms with Crippen molar-refractivity contribution in [2.45, 2.75) is 18.9 Å². The molecule has 1 aromatic rings. The molecular weight excluding hydrogens is 138 g/mol. The third-order valence-electron chi connectivity index (χ3n) is 2.15. The smallest absolute Gasteiger partial charge is 0.0335 e. The van der Waals surface area contributed by atoms with Crippen LogP contribution in [0.3, 0.4) is 0 Å². The minimum absolute atomic E-state index is 0.559. The molecule has 1 aliphatic heterocycles. The van der Waals surface area contributed by atoms with Crippen molar-refractivity contribution in [2.75, 3.05) is 6.54 Å². The quantitative estimate of drug-likeness (QED) is 0.656. The molecule has 2 heterocycles. The SMILES string of the molecule is c1cncc([14C@@H]2CCCN2)c1. The molecule has 1 fully saturated rings. The maximum atomic E-state index is 4.09. The van der Waals surface area contributed by atoms with Crippen LogP contribution >= 0.6 is 0 Å². The molecule has 0 aliphatic carbocycles. The third-order valence-corrected chi connectivity index (χ3v) is 2.15. The summed E-state index contributed by atoms with van der Waals surface area (Å²) in [5.41, 5.74) is 1.32. The van der Waals surface area contributed by atoms with E-state index >= 15 is 0 Å². The zero-order valence-corrected chi connectivity index (χ0v) is 6.46. The normalized spacial score (nSPS) is 23.8. The highest BCUT2D eigenvalue weighted by molar-refractivity contribution is 5.14. The Hall–Kier alpha value is -0.890. The average molecular weight is 150 g/mol. The summed E-state index contributed by atoms with van der Waals surface area (Å²) >= 11 is 0. The largest absolute Gasteiger partial charge is 0.310 e. The van der Waals surface area contributed by atoms with Crippen molar-refractivity contribution in [3.63, 3.8) is 0 Å². The monoisotopic (exact) mass is 150 g/mol. The molecule has 0 unspecified atom stereocenters. The molecule has 2 nitrogen and oxygen atoms in total. The first-order valence-electron chi connectivity index (χ1n) is 4.10. The summed E-state index contributed by atoms with van der Waals surface area (Å²) in [6.07, 6.45) is 6.31. The fraction of sp³-hybridized carbons (Fsp3) is 0.444. The Kier molecular flexibility index (Phi) is 1.86. The molecule has 11 heavy (non-hydrogen) atoms. The number of nitrogens with zero attached hydrogens (tertiary/aromatic N) is 1. The van der Waals surface area contributed by atoms with Crippen LogP contribution in [0.2, 0.25) is 0 Å². The molecule has 0 amide bonds. The summed E-state index contributed by atoms with van der Waals surface area (Å²) in [5.74, 6) is 0. The molecule has 1 saturated heterocycles. The molecule has 0 spiro atoms. The maximum absolute atomic E-state index is 4.09. The number of pyridine rings is 1. The number of hydrogen-bond donors (Lipinski definition) is 1. The fourth-order valence-electron chi connectivity index (χ4n) is 1.55. The number of nitrogens with one attached hydrogen (secondary N) is 1. The van der Waals surface area contributed by atoms with E-state index in [1.807, 2.05) is 18.5 Å². The van der Waals surface area contributed by atoms with Gasteiger partial charge in [0.05, 0.1) is 0 Å². The lowest BCUT2D eigenvalue weighted by molar-refractivity contribution is 0.645. The van der Waals surface area contributed by atoms with E-state index in [-0.39, 0.29) is 0 Å². The molecule has 1 aromatic heterocycles. The van der Waals surface area contributed by atoms with Gasteiger partial charge in [0, 0.05) is 18.4 Å². The lowest BCUT2D eigenvalue weighted by Crippen LogP contribution is -2.12. The van der Waals surface area contributed by atoms with Crippen LogP contribution in [0, 0.1) is 0 Å². The number of hydrogen-bond acceptors (Lipinski definition) is 2. The highest BCUT2D eigenvalue weighted by Crippen LogP contribution is 2.21. The van der Waals surface area contributed by atoms with Gasteiger partial charge in [-0.1, -0.05) is 6.07 Å². The zero-order chi connectivity index (χ0) is 7.52. The molecule has 0 aromatic carbocycles. The van der Waals surface area contributed by atoms with Gasteiger partial charge in [-0.05, 0) is 31.0 Å². The maximum Gasteiger partial charge on any atom is 0.0335 e. The summed E-state index contributed by atoms with van der Waals surface area (Å²) in [4.78, 5) is 4.09. The van der Waals surface area contributed by atoms with E-state index in [1.165, 1.54) is 18.4 Å². The minimum Gasteiger partial charge on any atom is -0.310 e. The predicted molar refractivity (Wildman–Crippen MR) is 44.2 cm³/mol. The summed E-state index contributed by atoms with van der Waals surface area (Å²) in [6.45, 7) is 1.15. The van der Waals surface area contributed by atoms with Crippen LogP contribution in [0.4, 0.5) is 0 Å². The van der Waals surface area contributed by atoms with Crippen molar-refractivity contribution in [1.29, 1.82) is 0 Å². The van der Waals surface area contributed by atoms with E-state index in [4.69, 9.17) is 0 Å². The molecule has 0 radical (unpaired) electrons. The van der Waals surface area contributed by atoms with Gasteiger partial charge in [-0.2, -0.15) is 0 Å². The van der Waals surface area contributed by atoms with Gasteiger partial charge in [-0.15, -0.1) is 0 Å². The summed E-state index contributed by atoms with van der Waals surface area (Å²) < 4.78 is 0. The van der Waals surface area contributed by atoms with Crippen molar-refractivity contribution in [3.8, 4) is 0 Å². The van der Waals surface area contributed by atoms with Gasteiger partial charge >= 0.3 is 0 Å². The molecule has 2 heteroatoms. The first-order chi connectivity index (χ1) is 5.47. The van der Waals surface area contributed by atoms with Crippen LogP contribution in [0.25, 0.3) is 0 Å². The van der Waals surface area contributed by atoms with Gasteiger partial charge in [0.1, 0.15) is 0 Å². The fourth-order valence-corrected chi connectivity index (χ4v) is 1.55. The molecule has 2 rings (SSSR count). The second kappa shape index (κ2) is 3.01. The minimum atomic E-state index is 0.559. The standard InChI is InChI=1S/C9H12N2/c1-3-8(7-10-5-1)9-4-2-6-11-9/h1,3,5,7,9,11H,2,4,6H2/t9-/m0/s1/i9+2. The second-order valence-corrected chi connectivity index (χ2v) is 2.94. The van der Waals surface area contributed by atoms with E-state index < -0.39 is 0 Å². The average Bonchev–Trinajstić information content (AvgIpc) is 2.58. The topological polar surface area (TPSA) is 24.9 Å². The Morgan fingerprint density at radius 2 is 2.55 bits per heavy atom. The molecule has 0 saturated carbocycles. The molecule has 1 atom stereocenters. The van der Waals surface area contributed by atoms with Crippen molar-refractivity contribution < 1.29 is 0 Å². The van der Waals surface area contributed by atoms with Gasteiger partial charge in [0.25, 0.3) is 0 Å². The molecular formula is C9H12N2. The van der Waals surface area contributed by atoms with E-state index in [1.54, 1.807) is 0 Å². The Morgan fingerprint density at radius 1 is 1.55 bits per heavy atom. The van der Waals surface area contributed by atoms with E-state index in [9.17, 15) is 0 Å². The van der Waals surface area contributed by atoms with Crippen molar-refractivity contribution in [3.05, 3.63) is 30.1 Å². The lowest BCUT2D eigenvalue weighted by atomic mass is 10.4. The van der Waals surface area contributed by atoms with Gasteiger partial charge < -0.3 is 5.32 Å². The Labute approximate surface area is 66.7 Å². The van der Waals surface area contributed by atoms with Crippen LogP contribution in [-0.4, -0.2) is 11.5 Å². The van der Waals surface area contributed by atoms with Crippen molar-refractivity contribution in [2.24, 2.45) is 0 Å². The van der Waals surface area contributed by atoms with Gasteiger partial charge in [-0.25, -0.2) is 0 Å². The van der Waals surface area contributed by atoms with Crippen molar-refractivity contribution in [1.82, 2.24) is 10.3 Å². The van der Waals surface area contributed by atoms with Gasteiger partial charge in [0.2, 0.25) is 0 Å². The second-order valence-electron chi connectivity index (χ2n) is 2.94. The molecule has 0 bridgehead atoms. The number of rotatable bonds is 1. The zero-order valence-electron chi connectivity index (χ0n) is 6.46. The Morgan fingerprint density at radius 3 is 3.18 bits per heavy atom. The molecule has 1 N–H and O–H groups in total. The summed E-state index contributed by atoms with van der Waals surface area (Å²) in [6, 6.07) is 4.69.